The maximum atomic E-state index is 13.9. The Balaban J connectivity index is 1.37. The number of nitrogens with one attached hydrogen (secondary N) is 2. The molecule has 1 aliphatic heterocycles. The van der Waals surface area contributed by atoms with Gasteiger partial charge in [0.15, 0.2) is 11.6 Å². The Morgan fingerprint density at radius 3 is 2.85 bits per heavy atom. The van der Waals surface area contributed by atoms with E-state index in [1.54, 1.807) is 6.07 Å². The van der Waals surface area contributed by atoms with Crippen molar-refractivity contribution in [2.75, 3.05) is 18.4 Å². The number of anilines is 1. The molecule has 1 unspecified atom stereocenters. The lowest BCUT2D eigenvalue weighted by atomic mass is 9.99. The lowest BCUT2D eigenvalue weighted by molar-refractivity contribution is 0.185. The summed E-state index contributed by atoms with van der Waals surface area (Å²) in [5, 5.41) is 9.36. The van der Waals surface area contributed by atoms with Gasteiger partial charge in [0.05, 0.1) is 12.2 Å². The number of para-hydroxylation sites is 1. The summed E-state index contributed by atoms with van der Waals surface area (Å²) in [4.78, 5) is 0. The summed E-state index contributed by atoms with van der Waals surface area (Å²) in [7, 11) is 0. The summed E-state index contributed by atoms with van der Waals surface area (Å²) in [6, 6.07) is 20.1. The van der Waals surface area contributed by atoms with Gasteiger partial charge in [0.25, 0.3) is 0 Å². The maximum absolute atomic E-state index is 13.9. The molecule has 0 saturated heterocycles. The average molecular weight is 350 g/mol. The van der Waals surface area contributed by atoms with Crippen molar-refractivity contribution in [3.05, 3.63) is 72.0 Å². The quantitative estimate of drug-likeness (QED) is 0.687. The van der Waals surface area contributed by atoms with Crippen LogP contribution in [0.1, 0.15) is 24.9 Å². The van der Waals surface area contributed by atoms with Gasteiger partial charge in [-0.25, -0.2) is 4.39 Å². The first-order chi connectivity index (χ1) is 12.7. The molecule has 1 aliphatic rings. The first kappa shape index (κ1) is 16.9. The second kappa shape index (κ2) is 7.34. The van der Waals surface area contributed by atoms with Crippen molar-refractivity contribution in [3.8, 4) is 5.75 Å². The van der Waals surface area contributed by atoms with Crippen LogP contribution >= 0.6 is 0 Å². The van der Waals surface area contributed by atoms with E-state index in [2.05, 4.69) is 60.0 Å². The molecule has 0 aromatic heterocycles. The second-order valence-electron chi connectivity index (χ2n) is 6.77. The topological polar surface area (TPSA) is 33.3 Å². The van der Waals surface area contributed by atoms with Crippen molar-refractivity contribution in [1.29, 1.82) is 0 Å². The molecule has 0 fully saturated rings. The van der Waals surface area contributed by atoms with E-state index in [1.165, 1.54) is 22.4 Å². The highest BCUT2D eigenvalue weighted by Crippen LogP contribution is 2.32. The number of hydrogen-bond donors (Lipinski definition) is 2. The standard InChI is InChI=1S/C22H23FN2O/c1-15(18-9-4-7-16-6-2-3-8-19(16)18)24-13-12-17-14-25-21-11-5-10-20(23)22(21)26-17/h2-11,15,17,24-25H,12-14H2,1H3/t15-,17?/m1/s1. The molecule has 3 aromatic carbocycles. The third-order valence-electron chi connectivity index (χ3n) is 4.98. The van der Waals surface area contributed by atoms with E-state index in [4.69, 9.17) is 4.74 Å². The largest absolute Gasteiger partial charge is 0.483 e. The van der Waals surface area contributed by atoms with Crippen LogP contribution in [0, 0.1) is 5.82 Å². The molecule has 0 amide bonds. The van der Waals surface area contributed by atoms with Crippen LogP contribution < -0.4 is 15.4 Å². The Morgan fingerprint density at radius 2 is 1.92 bits per heavy atom. The van der Waals surface area contributed by atoms with Crippen molar-refractivity contribution in [2.45, 2.75) is 25.5 Å². The molecule has 3 nitrogen and oxygen atoms in total. The summed E-state index contributed by atoms with van der Waals surface area (Å²) in [6.07, 6.45) is 0.780. The summed E-state index contributed by atoms with van der Waals surface area (Å²) >= 11 is 0. The number of ether oxygens (including phenoxy) is 1. The number of hydrogen-bond acceptors (Lipinski definition) is 3. The maximum Gasteiger partial charge on any atom is 0.178 e. The Bertz CT molecular complexity index is 906. The predicted molar refractivity (Wildman–Crippen MR) is 104 cm³/mol. The minimum Gasteiger partial charge on any atom is -0.483 e. The van der Waals surface area contributed by atoms with Gasteiger partial charge in [-0.1, -0.05) is 48.5 Å². The SMILES string of the molecule is C[C@@H](NCCC1CNc2cccc(F)c2O1)c1cccc2ccccc12. The minimum atomic E-state index is -0.309. The van der Waals surface area contributed by atoms with Gasteiger partial charge >= 0.3 is 0 Å². The molecule has 1 heterocycles. The van der Waals surface area contributed by atoms with E-state index in [0.29, 0.717) is 12.3 Å². The fourth-order valence-corrected chi connectivity index (χ4v) is 3.56. The predicted octanol–water partition coefficient (Wildman–Crippen LogP) is 4.89. The van der Waals surface area contributed by atoms with Crippen molar-refractivity contribution >= 4 is 16.5 Å². The van der Waals surface area contributed by atoms with Gasteiger partial charge in [0.2, 0.25) is 0 Å². The zero-order chi connectivity index (χ0) is 17.9. The van der Waals surface area contributed by atoms with E-state index in [-0.39, 0.29) is 18.0 Å². The zero-order valence-corrected chi connectivity index (χ0v) is 14.8. The summed E-state index contributed by atoms with van der Waals surface area (Å²) in [5.41, 5.74) is 2.03. The third kappa shape index (κ3) is 3.37. The molecule has 0 spiro atoms. The molecule has 0 aliphatic carbocycles. The van der Waals surface area contributed by atoms with Gasteiger partial charge in [-0.3, -0.25) is 0 Å². The molecular formula is C22H23FN2O. The van der Waals surface area contributed by atoms with Crippen molar-refractivity contribution in [2.24, 2.45) is 0 Å². The first-order valence-electron chi connectivity index (χ1n) is 9.12. The fraction of sp³-hybridized carbons (Fsp3) is 0.273. The highest BCUT2D eigenvalue weighted by molar-refractivity contribution is 5.86. The fourth-order valence-electron chi connectivity index (χ4n) is 3.56. The van der Waals surface area contributed by atoms with Crippen LogP contribution in [0.15, 0.2) is 60.7 Å². The van der Waals surface area contributed by atoms with Crippen LogP contribution in [0.3, 0.4) is 0 Å². The van der Waals surface area contributed by atoms with Gasteiger partial charge in [0, 0.05) is 6.04 Å². The lowest BCUT2D eigenvalue weighted by Crippen LogP contribution is -2.34. The van der Waals surface area contributed by atoms with Crippen LogP contribution in [-0.4, -0.2) is 19.2 Å². The summed E-state index contributed by atoms with van der Waals surface area (Å²) in [6.45, 7) is 3.68. The van der Waals surface area contributed by atoms with Crippen molar-refractivity contribution in [1.82, 2.24) is 5.32 Å². The lowest BCUT2D eigenvalue weighted by Gasteiger charge is -2.28. The number of halogens is 1. The highest BCUT2D eigenvalue weighted by atomic mass is 19.1. The molecule has 2 atom stereocenters. The minimum absolute atomic E-state index is 0.0355. The average Bonchev–Trinajstić information content (AvgIpc) is 2.68. The third-order valence-corrected chi connectivity index (χ3v) is 4.98. The molecular weight excluding hydrogens is 327 g/mol. The second-order valence-corrected chi connectivity index (χ2v) is 6.77. The Kier molecular flexibility index (Phi) is 4.76. The van der Waals surface area contributed by atoms with Gasteiger partial charge < -0.3 is 15.4 Å². The number of fused-ring (bicyclic) bond motifs is 2. The van der Waals surface area contributed by atoms with E-state index in [1.807, 2.05) is 6.07 Å². The van der Waals surface area contributed by atoms with Crippen LogP contribution in [0.5, 0.6) is 5.75 Å². The number of rotatable bonds is 5. The molecule has 4 rings (SSSR count). The van der Waals surface area contributed by atoms with Gasteiger partial charge in [-0.05, 0) is 48.4 Å². The monoisotopic (exact) mass is 350 g/mol. The molecule has 2 N–H and O–H groups in total. The van der Waals surface area contributed by atoms with E-state index < -0.39 is 0 Å². The molecule has 134 valence electrons. The molecule has 4 heteroatoms. The van der Waals surface area contributed by atoms with Crippen LogP contribution in [-0.2, 0) is 0 Å². The molecule has 3 aromatic rings. The Labute approximate surface area is 153 Å². The number of benzene rings is 3. The van der Waals surface area contributed by atoms with Crippen LogP contribution in [0.25, 0.3) is 10.8 Å². The normalized spacial score (nSPS) is 17.2. The Hall–Kier alpha value is -2.59. The van der Waals surface area contributed by atoms with Gasteiger partial charge in [-0.15, -0.1) is 0 Å². The van der Waals surface area contributed by atoms with Crippen molar-refractivity contribution in [3.63, 3.8) is 0 Å². The van der Waals surface area contributed by atoms with Gasteiger partial charge in [0.1, 0.15) is 6.10 Å². The van der Waals surface area contributed by atoms with E-state index in [9.17, 15) is 4.39 Å². The zero-order valence-electron chi connectivity index (χ0n) is 14.8. The first-order valence-corrected chi connectivity index (χ1v) is 9.12. The van der Waals surface area contributed by atoms with E-state index in [0.717, 1.165) is 18.7 Å². The van der Waals surface area contributed by atoms with Crippen LogP contribution in [0.2, 0.25) is 0 Å². The molecule has 0 saturated carbocycles. The van der Waals surface area contributed by atoms with E-state index >= 15 is 0 Å². The molecule has 0 radical (unpaired) electrons. The van der Waals surface area contributed by atoms with Crippen LogP contribution in [0.4, 0.5) is 10.1 Å². The molecule has 0 bridgehead atoms. The Morgan fingerprint density at radius 1 is 1.12 bits per heavy atom. The highest BCUT2D eigenvalue weighted by Gasteiger charge is 2.22. The molecule has 26 heavy (non-hydrogen) atoms. The summed E-state index contributed by atoms with van der Waals surface area (Å²) < 4.78 is 19.7. The smallest absolute Gasteiger partial charge is 0.178 e. The summed E-state index contributed by atoms with van der Waals surface area (Å²) in [5.74, 6) is 0.0302. The van der Waals surface area contributed by atoms with Gasteiger partial charge in [-0.2, -0.15) is 0 Å². The van der Waals surface area contributed by atoms with Crippen molar-refractivity contribution < 1.29 is 9.13 Å².